The molecule has 2 aromatic rings. The molecule has 1 aliphatic rings. The van der Waals surface area contributed by atoms with Crippen molar-refractivity contribution < 1.29 is 39.7 Å². The van der Waals surface area contributed by atoms with Crippen LogP contribution in [0, 0.1) is 5.41 Å². The third kappa shape index (κ3) is 4.78. The van der Waals surface area contributed by atoms with E-state index in [1.807, 2.05) is 24.3 Å². The SMILES string of the molecule is CC1(C)C(N=Cc2ccccc2O)CC[C@@]1(C)N=Cc1ccccc1O.[Cl-].[Fe]. The van der Waals surface area contributed by atoms with Crippen LogP contribution in [0.3, 0.4) is 0 Å². The van der Waals surface area contributed by atoms with Gasteiger partial charge < -0.3 is 22.6 Å². The fraction of sp³-hybridized carbons (Fsp3) is 0.364. The Hall–Kier alpha value is -1.81. The van der Waals surface area contributed by atoms with Gasteiger partial charge in [-0.25, -0.2) is 0 Å². The van der Waals surface area contributed by atoms with Gasteiger partial charge in [0.25, 0.3) is 0 Å². The van der Waals surface area contributed by atoms with Crippen molar-refractivity contribution in [3.05, 3.63) is 59.7 Å². The quantitative estimate of drug-likeness (QED) is 0.559. The van der Waals surface area contributed by atoms with E-state index in [1.54, 1.807) is 36.7 Å². The van der Waals surface area contributed by atoms with E-state index in [4.69, 9.17) is 9.98 Å². The van der Waals surface area contributed by atoms with Crippen LogP contribution in [0.5, 0.6) is 11.5 Å². The number of benzene rings is 2. The molecule has 1 saturated carbocycles. The molecule has 1 unspecified atom stereocenters. The Morgan fingerprint density at radius 3 is 1.93 bits per heavy atom. The molecular formula is C22H26ClFeN2O2-. The Kier molecular flexibility index (Phi) is 8.30. The molecule has 0 bridgehead atoms. The second-order valence-electron chi connectivity index (χ2n) is 7.70. The summed E-state index contributed by atoms with van der Waals surface area (Å²) < 4.78 is 0. The summed E-state index contributed by atoms with van der Waals surface area (Å²) in [6, 6.07) is 14.6. The Labute approximate surface area is 183 Å². The van der Waals surface area contributed by atoms with Gasteiger partial charge in [0.1, 0.15) is 11.5 Å². The van der Waals surface area contributed by atoms with Crippen LogP contribution in [0.15, 0.2) is 58.5 Å². The molecule has 0 heterocycles. The fourth-order valence-electron chi connectivity index (χ4n) is 3.53. The topological polar surface area (TPSA) is 65.2 Å². The number of phenolic OH excluding ortho intramolecular Hbond substituents is 2. The minimum Gasteiger partial charge on any atom is -1.00 e. The van der Waals surface area contributed by atoms with E-state index in [2.05, 4.69) is 20.8 Å². The normalized spacial score (nSPS) is 23.5. The van der Waals surface area contributed by atoms with E-state index in [9.17, 15) is 10.2 Å². The number of hydrogen-bond acceptors (Lipinski definition) is 4. The van der Waals surface area contributed by atoms with Gasteiger partial charge in [0.05, 0.1) is 11.6 Å². The number of hydrogen-bond donors (Lipinski definition) is 2. The summed E-state index contributed by atoms with van der Waals surface area (Å²) in [7, 11) is 0. The molecule has 0 aliphatic heterocycles. The number of halogens is 1. The molecule has 2 atom stereocenters. The molecule has 3 rings (SSSR count). The van der Waals surface area contributed by atoms with Crippen LogP contribution < -0.4 is 12.4 Å². The standard InChI is InChI=1S/C22H26N2O2.ClH.Fe/c1-21(2)20(23-14-16-8-4-6-10-18(16)25)12-13-22(21,3)24-15-17-9-5-7-11-19(17)26;;/h4-11,14-15,20,25-26H,12-13H2,1-3H3;1H;/p-1/t20?,22-;;/m1../s1. The molecule has 28 heavy (non-hydrogen) atoms. The summed E-state index contributed by atoms with van der Waals surface area (Å²) in [6.45, 7) is 6.53. The number of rotatable bonds is 4. The monoisotopic (exact) mass is 441 g/mol. The third-order valence-corrected chi connectivity index (χ3v) is 5.88. The predicted molar refractivity (Wildman–Crippen MR) is 107 cm³/mol. The first kappa shape index (κ1) is 24.2. The van der Waals surface area contributed by atoms with Gasteiger partial charge in [-0.05, 0) is 44.0 Å². The van der Waals surface area contributed by atoms with Crippen LogP contribution >= 0.6 is 0 Å². The third-order valence-electron chi connectivity index (χ3n) is 5.88. The first-order chi connectivity index (χ1) is 12.3. The fourth-order valence-corrected chi connectivity index (χ4v) is 3.53. The molecule has 152 valence electrons. The zero-order valence-electron chi connectivity index (χ0n) is 16.3. The first-order valence-corrected chi connectivity index (χ1v) is 8.98. The van der Waals surface area contributed by atoms with E-state index < -0.39 is 0 Å². The van der Waals surface area contributed by atoms with Crippen LogP contribution in [0.25, 0.3) is 0 Å². The summed E-state index contributed by atoms with van der Waals surface area (Å²) in [5, 5.41) is 19.9. The number of aromatic hydroxyl groups is 2. The van der Waals surface area contributed by atoms with Gasteiger partial charge >= 0.3 is 0 Å². The van der Waals surface area contributed by atoms with Crippen LogP contribution in [0.4, 0.5) is 0 Å². The molecular weight excluding hydrogens is 416 g/mol. The molecule has 1 fully saturated rings. The second kappa shape index (κ2) is 9.60. The van der Waals surface area contributed by atoms with Crippen molar-refractivity contribution in [2.45, 2.75) is 45.2 Å². The summed E-state index contributed by atoms with van der Waals surface area (Å²) in [4.78, 5) is 9.62. The summed E-state index contributed by atoms with van der Waals surface area (Å²) in [6.07, 6.45) is 5.39. The molecule has 6 heteroatoms. The molecule has 0 radical (unpaired) electrons. The number of para-hydroxylation sites is 2. The zero-order valence-corrected chi connectivity index (χ0v) is 18.1. The Balaban J connectivity index is 0.00000196. The summed E-state index contributed by atoms with van der Waals surface area (Å²) in [5.74, 6) is 0.483. The molecule has 2 aromatic carbocycles. The molecule has 4 nitrogen and oxygen atoms in total. The zero-order chi connectivity index (χ0) is 18.8. The van der Waals surface area contributed by atoms with Crippen LogP contribution in [0.2, 0.25) is 0 Å². The number of phenols is 2. The van der Waals surface area contributed by atoms with Crippen molar-refractivity contribution in [3.8, 4) is 11.5 Å². The van der Waals surface area contributed by atoms with E-state index in [1.165, 1.54) is 0 Å². The van der Waals surface area contributed by atoms with Gasteiger partial charge in [0.2, 0.25) is 0 Å². The Bertz CT molecular complexity index is 854. The van der Waals surface area contributed by atoms with Gasteiger partial charge in [-0.3, -0.25) is 9.98 Å². The van der Waals surface area contributed by atoms with Gasteiger partial charge in [0, 0.05) is 46.0 Å². The van der Waals surface area contributed by atoms with E-state index in [0.717, 1.165) is 24.0 Å². The van der Waals surface area contributed by atoms with Crippen molar-refractivity contribution in [1.29, 1.82) is 0 Å². The maximum atomic E-state index is 9.95. The van der Waals surface area contributed by atoms with Crippen molar-refractivity contribution in [2.24, 2.45) is 15.4 Å². The van der Waals surface area contributed by atoms with Crippen LogP contribution in [0.1, 0.15) is 44.7 Å². The minimum atomic E-state index is -0.268. The Morgan fingerprint density at radius 2 is 1.39 bits per heavy atom. The Morgan fingerprint density at radius 1 is 0.893 bits per heavy atom. The van der Waals surface area contributed by atoms with E-state index in [0.29, 0.717) is 0 Å². The molecule has 0 amide bonds. The number of nitrogens with zero attached hydrogens (tertiary/aromatic N) is 2. The molecule has 2 N–H and O–H groups in total. The van der Waals surface area contributed by atoms with Crippen molar-refractivity contribution in [3.63, 3.8) is 0 Å². The minimum absolute atomic E-state index is 0. The maximum absolute atomic E-state index is 9.95. The van der Waals surface area contributed by atoms with Crippen molar-refractivity contribution in [1.82, 2.24) is 0 Å². The summed E-state index contributed by atoms with van der Waals surface area (Å²) >= 11 is 0. The predicted octanol–water partition coefficient (Wildman–Crippen LogP) is 1.58. The van der Waals surface area contributed by atoms with Crippen molar-refractivity contribution in [2.75, 3.05) is 0 Å². The van der Waals surface area contributed by atoms with Gasteiger partial charge in [-0.2, -0.15) is 0 Å². The van der Waals surface area contributed by atoms with E-state index >= 15 is 0 Å². The number of aliphatic imine (C=N–C) groups is 2. The van der Waals surface area contributed by atoms with Gasteiger partial charge in [-0.1, -0.05) is 38.1 Å². The first-order valence-electron chi connectivity index (χ1n) is 8.98. The van der Waals surface area contributed by atoms with Crippen molar-refractivity contribution >= 4 is 12.4 Å². The maximum Gasteiger partial charge on any atom is 0.124 e. The van der Waals surface area contributed by atoms with Crippen LogP contribution in [-0.2, 0) is 17.1 Å². The smallest absolute Gasteiger partial charge is 0.124 e. The van der Waals surface area contributed by atoms with Crippen LogP contribution in [-0.4, -0.2) is 34.2 Å². The average molecular weight is 442 g/mol. The molecule has 0 aromatic heterocycles. The largest absolute Gasteiger partial charge is 1.00 e. The average Bonchev–Trinajstić information content (AvgIpc) is 2.84. The van der Waals surface area contributed by atoms with E-state index in [-0.39, 0.29) is 58.0 Å². The molecule has 1 aliphatic carbocycles. The molecule has 0 saturated heterocycles. The molecule has 0 spiro atoms. The van der Waals surface area contributed by atoms with Gasteiger partial charge in [-0.15, -0.1) is 0 Å². The summed E-state index contributed by atoms with van der Waals surface area (Å²) in [5.41, 5.74) is 1.05. The second-order valence-corrected chi connectivity index (χ2v) is 7.70. The van der Waals surface area contributed by atoms with Gasteiger partial charge in [0.15, 0.2) is 0 Å².